The van der Waals surface area contributed by atoms with Crippen molar-refractivity contribution < 1.29 is 9.47 Å². The largest absolute Gasteiger partial charge is 0.488 e. The molecule has 1 heterocycles. The number of nitrogens with zero attached hydrogens (tertiary/aromatic N) is 1. The Labute approximate surface area is 175 Å². The first-order valence-corrected chi connectivity index (χ1v) is 9.44. The summed E-state index contributed by atoms with van der Waals surface area (Å²) >= 11 is 0. The van der Waals surface area contributed by atoms with E-state index in [1.807, 2.05) is 7.05 Å². The normalized spacial score (nSPS) is 17.1. The lowest BCUT2D eigenvalue weighted by atomic mass is 10.0. The minimum Gasteiger partial charge on any atom is -0.488 e. The lowest BCUT2D eigenvalue weighted by Crippen LogP contribution is -2.39. The summed E-state index contributed by atoms with van der Waals surface area (Å²) in [5.41, 5.74) is 2.34. The maximum atomic E-state index is 6.16. The summed E-state index contributed by atoms with van der Waals surface area (Å²) in [4.78, 5) is 4.33. The van der Waals surface area contributed by atoms with E-state index in [9.17, 15) is 0 Å². The first kappa shape index (κ1) is 23.0. The molecule has 2 N–H and O–H groups in total. The van der Waals surface area contributed by atoms with Crippen LogP contribution in [0.1, 0.15) is 44.2 Å². The van der Waals surface area contributed by atoms with Gasteiger partial charge in [0.1, 0.15) is 11.9 Å². The lowest BCUT2D eigenvalue weighted by Gasteiger charge is -2.19. The number of hydrogen-bond acceptors (Lipinski definition) is 3. The summed E-state index contributed by atoms with van der Waals surface area (Å²) in [5, 5.41) is 6.83. The molecule has 1 aliphatic rings. The zero-order valence-corrected chi connectivity index (χ0v) is 18.8. The van der Waals surface area contributed by atoms with Crippen LogP contribution in [0.25, 0.3) is 0 Å². The molecule has 2 rings (SSSR count). The van der Waals surface area contributed by atoms with Crippen LogP contribution in [0.5, 0.6) is 5.75 Å². The minimum atomic E-state index is 0. The average Bonchev–Trinajstić information content (AvgIpc) is 3.12. The monoisotopic (exact) mass is 475 g/mol. The molecule has 1 aliphatic heterocycles. The molecule has 1 saturated heterocycles. The van der Waals surface area contributed by atoms with Gasteiger partial charge in [-0.2, -0.15) is 0 Å². The Hall–Kier alpha value is -1.02. The lowest BCUT2D eigenvalue weighted by molar-refractivity contribution is 0.140. The molecule has 6 heteroatoms. The summed E-state index contributed by atoms with van der Waals surface area (Å²) in [6, 6.07) is 6.35. The number of hydrogen-bond donors (Lipinski definition) is 2. The Kier molecular flexibility index (Phi) is 11.0. The van der Waals surface area contributed by atoms with Crippen molar-refractivity contribution in [3.8, 4) is 5.75 Å². The fourth-order valence-corrected chi connectivity index (χ4v) is 2.92. The standard InChI is InChI=1S/C20H33N3O2.HI/c1-5-16(6-2)12-22-20(21-4)23-13-17-8-7-15(3)11-19(17)25-18-9-10-24-14-18;/h7-8,11,16,18H,5-6,9-10,12-14H2,1-4H3,(H2,21,22,23);1H. The van der Waals surface area contributed by atoms with Gasteiger partial charge in [0.15, 0.2) is 5.96 Å². The molecule has 0 radical (unpaired) electrons. The van der Waals surface area contributed by atoms with Crippen molar-refractivity contribution >= 4 is 29.9 Å². The van der Waals surface area contributed by atoms with Crippen molar-refractivity contribution in [1.29, 1.82) is 0 Å². The number of nitrogens with one attached hydrogen (secondary N) is 2. The van der Waals surface area contributed by atoms with Crippen LogP contribution in [0.4, 0.5) is 0 Å². The molecule has 0 aromatic heterocycles. The number of aliphatic imine (C=N–C) groups is 1. The summed E-state index contributed by atoms with van der Waals surface area (Å²) in [7, 11) is 1.81. The third-order valence-corrected chi connectivity index (χ3v) is 4.79. The molecule has 26 heavy (non-hydrogen) atoms. The molecule has 0 spiro atoms. The minimum absolute atomic E-state index is 0. The van der Waals surface area contributed by atoms with Crippen LogP contribution in [0.15, 0.2) is 23.2 Å². The van der Waals surface area contributed by atoms with E-state index in [4.69, 9.17) is 9.47 Å². The number of ether oxygens (including phenoxy) is 2. The van der Waals surface area contributed by atoms with E-state index >= 15 is 0 Å². The van der Waals surface area contributed by atoms with Crippen molar-refractivity contribution in [2.75, 3.05) is 26.8 Å². The molecule has 0 bridgehead atoms. The van der Waals surface area contributed by atoms with Gasteiger partial charge in [-0.15, -0.1) is 24.0 Å². The first-order chi connectivity index (χ1) is 12.2. The topological polar surface area (TPSA) is 54.9 Å². The molecule has 0 amide bonds. The molecule has 0 saturated carbocycles. The molecule has 1 fully saturated rings. The summed E-state index contributed by atoms with van der Waals surface area (Å²) in [6.07, 6.45) is 3.48. The van der Waals surface area contributed by atoms with Gasteiger partial charge in [-0.1, -0.05) is 38.8 Å². The van der Waals surface area contributed by atoms with Crippen molar-refractivity contribution in [2.24, 2.45) is 10.9 Å². The summed E-state index contributed by atoms with van der Waals surface area (Å²) in [5.74, 6) is 2.46. The predicted octanol–water partition coefficient (Wildman–Crippen LogP) is 3.88. The van der Waals surface area contributed by atoms with Crippen molar-refractivity contribution in [3.05, 3.63) is 29.3 Å². The van der Waals surface area contributed by atoms with E-state index in [0.717, 1.165) is 36.8 Å². The van der Waals surface area contributed by atoms with Gasteiger partial charge in [-0.25, -0.2) is 0 Å². The van der Waals surface area contributed by atoms with E-state index in [1.54, 1.807) is 0 Å². The number of benzene rings is 1. The van der Waals surface area contributed by atoms with Crippen LogP contribution >= 0.6 is 24.0 Å². The van der Waals surface area contributed by atoms with Gasteiger partial charge >= 0.3 is 0 Å². The Morgan fingerprint density at radius 3 is 2.69 bits per heavy atom. The Morgan fingerprint density at radius 2 is 2.08 bits per heavy atom. The second-order valence-electron chi connectivity index (χ2n) is 6.70. The fourth-order valence-electron chi connectivity index (χ4n) is 2.92. The van der Waals surface area contributed by atoms with Crippen molar-refractivity contribution in [3.63, 3.8) is 0 Å². The van der Waals surface area contributed by atoms with E-state index in [-0.39, 0.29) is 30.1 Å². The van der Waals surface area contributed by atoms with Crippen LogP contribution in [0.2, 0.25) is 0 Å². The van der Waals surface area contributed by atoms with E-state index in [1.165, 1.54) is 18.4 Å². The van der Waals surface area contributed by atoms with Gasteiger partial charge in [-0.05, 0) is 24.5 Å². The molecular weight excluding hydrogens is 441 g/mol. The predicted molar refractivity (Wildman–Crippen MR) is 119 cm³/mol. The molecule has 1 atom stereocenters. The van der Waals surface area contributed by atoms with Crippen molar-refractivity contribution in [2.45, 2.75) is 52.7 Å². The average molecular weight is 475 g/mol. The van der Waals surface area contributed by atoms with Crippen molar-refractivity contribution in [1.82, 2.24) is 10.6 Å². The second-order valence-corrected chi connectivity index (χ2v) is 6.70. The Bertz CT molecular complexity index is 556. The van der Waals surface area contributed by atoms with Crippen LogP contribution in [0, 0.1) is 12.8 Å². The van der Waals surface area contributed by atoms with Gasteiger partial charge in [0.05, 0.1) is 13.2 Å². The summed E-state index contributed by atoms with van der Waals surface area (Å²) in [6.45, 7) is 9.65. The molecule has 1 unspecified atom stereocenters. The SMILES string of the molecule is CCC(CC)CNC(=NC)NCc1ccc(C)cc1OC1CCOC1.I. The molecular formula is C20H34IN3O2. The third-order valence-electron chi connectivity index (χ3n) is 4.79. The zero-order chi connectivity index (χ0) is 18.1. The van der Waals surface area contributed by atoms with Gasteiger partial charge in [0.25, 0.3) is 0 Å². The molecule has 0 aliphatic carbocycles. The van der Waals surface area contributed by atoms with E-state index in [0.29, 0.717) is 19.1 Å². The highest BCUT2D eigenvalue weighted by Gasteiger charge is 2.18. The number of guanidine groups is 1. The highest BCUT2D eigenvalue weighted by Crippen LogP contribution is 2.23. The second kappa shape index (κ2) is 12.4. The van der Waals surface area contributed by atoms with Crippen LogP contribution in [-0.2, 0) is 11.3 Å². The van der Waals surface area contributed by atoms with Gasteiger partial charge in [-0.3, -0.25) is 4.99 Å². The van der Waals surface area contributed by atoms with Crippen LogP contribution in [-0.4, -0.2) is 38.9 Å². The number of aryl methyl sites for hydroxylation is 1. The number of rotatable bonds is 8. The first-order valence-electron chi connectivity index (χ1n) is 9.44. The highest BCUT2D eigenvalue weighted by molar-refractivity contribution is 14.0. The quantitative estimate of drug-likeness (QED) is 0.341. The molecule has 148 valence electrons. The Morgan fingerprint density at radius 1 is 1.31 bits per heavy atom. The molecule has 1 aromatic rings. The Balaban J connectivity index is 0.00000338. The van der Waals surface area contributed by atoms with E-state index < -0.39 is 0 Å². The van der Waals surface area contributed by atoms with E-state index in [2.05, 4.69) is 54.6 Å². The summed E-state index contributed by atoms with van der Waals surface area (Å²) < 4.78 is 11.6. The van der Waals surface area contributed by atoms with Gasteiger partial charge in [0.2, 0.25) is 0 Å². The number of halogens is 1. The van der Waals surface area contributed by atoms with Gasteiger partial charge < -0.3 is 20.1 Å². The molecule has 1 aromatic carbocycles. The zero-order valence-electron chi connectivity index (χ0n) is 16.5. The van der Waals surface area contributed by atoms with Crippen LogP contribution in [0.3, 0.4) is 0 Å². The third kappa shape index (κ3) is 7.31. The smallest absolute Gasteiger partial charge is 0.191 e. The molecule has 5 nitrogen and oxygen atoms in total. The maximum Gasteiger partial charge on any atom is 0.191 e. The highest BCUT2D eigenvalue weighted by atomic mass is 127. The van der Waals surface area contributed by atoms with Gasteiger partial charge in [0, 0.05) is 32.1 Å². The fraction of sp³-hybridized carbons (Fsp3) is 0.650. The maximum absolute atomic E-state index is 6.16. The van der Waals surface area contributed by atoms with Crippen LogP contribution < -0.4 is 15.4 Å².